The number of carbonyl (C=O) groups excluding carboxylic acids is 3. The maximum atomic E-state index is 15.0. The van der Waals surface area contributed by atoms with Gasteiger partial charge >= 0.3 is 24.7 Å². The number of benzene rings is 1. The molecule has 0 saturated carbocycles. The van der Waals surface area contributed by atoms with Crippen LogP contribution in [0.1, 0.15) is 44.6 Å². The quantitative estimate of drug-likeness (QED) is 0.108. The predicted octanol–water partition coefficient (Wildman–Crippen LogP) is 8.19. The standard InChI is InChI=1S/C32H30F12N2O4/c1-17(2)45-24(47)8-4-6-19(7-5-15-50-3)28(31(39,40)41,32(42,43)44)20-11-14-22-23(16-20)27(49)46(26(22)48)21-12-9-18(10-13-21)25(29(33,34)35)30(36,37)38/h4,6-7,9-10,12-14,16-17,20,25H,5,8,11,15H2,1-3H3,(H,45,47)/b6-4-,19-7+. The van der Waals surface area contributed by atoms with Crippen molar-refractivity contribution in [2.24, 2.45) is 11.3 Å². The van der Waals surface area contributed by atoms with E-state index in [0.717, 1.165) is 13.2 Å². The van der Waals surface area contributed by atoms with Gasteiger partial charge in [-0.2, -0.15) is 52.7 Å². The van der Waals surface area contributed by atoms with Gasteiger partial charge in [0.1, 0.15) is 0 Å². The highest BCUT2D eigenvalue weighted by Gasteiger charge is 2.75. The Morgan fingerprint density at radius 2 is 1.44 bits per heavy atom. The van der Waals surface area contributed by atoms with Crippen LogP contribution in [0.2, 0.25) is 0 Å². The molecule has 276 valence electrons. The molecule has 3 rings (SSSR count). The molecule has 2 aliphatic rings. The number of amides is 3. The molecule has 1 aliphatic carbocycles. The van der Waals surface area contributed by atoms with E-state index in [-0.39, 0.29) is 17.5 Å². The van der Waals surface area contributed by atoms with Crippen LogP contribution in [0.5, 0.6) is 0 Å². The number of rotatable bonds is 11. The minimum atomic E-state index is -6.09. The third kappa shape index (κ3) is 8.10. The number of allylic oxidation sites excluding steroid dienone is 4. The summed E-state index contributed by atoms with van der Waals surface area (Å²) in [6, 6.07) is 1.44. The SMILES string of the molecule is COCC/C=C(\C=C/CC(=O)NC(C)C)C(C1C=C2C(=O)N(c3ccc(C(C(F)(F)F)C(F)(F)F)cc3)C(=O)C2=CC1)(C(F)(F)F)C(F)(F)F. The molecule has 1 heterocycles. The van der Waals surface area contributed by atoms with Gasteiger partial charge < -0.3 is 10.1 Å². The van der Waals surface area contributed by atoms with E-state index in [1.807, 2.05) is 0 Å². The normalized spacial score (nSPS) is 18.3. The molecule has 1 aromatic rings. The number of nitrogens with one attached hydrogen (secondary N) is 1. The van der Waals surface area contributed by atoms with E-state index >= 15 is 26.3 Å². The largest absolute Gasteiger partial charge is 0.407 e. The number of methoxy groups -OCH3 is 1. The number of hydrogen-bond donors (Lipinski definition) is 1. The third-order valence-corrected chi connectivity index (χ3v) is 7.88. The molecule has 0 aromatic heterocycles. The highest BCUT2D eigenvalue weighted by atomic mass is 19.4. The molecule has 1 aliphatic heterocycles. The summed E-state index contributed by atoms with van der Waals surface area (Å²) >= 11 is 0. The zero-order chi connectivity index (χ0) is 38.0. The van der Waals surface area contributed by atoms with Crippen LogP contribution in [-0.2, 0) is 19.1 Å². The van der Waals surface area contributed by atoms with Crippen molar-refractivity contribution in [2.45, 2.75) is 69.8 Å². The molecule has 1 aromatic carbocycles. The van der Waals surface area contributed by atoms with Gasteiger partial charge in [0.25, 0.3) is 11.8 Å². The molecule has 1 atom stereocenters. The summed E-state index contributed by atoms with van der Waals surface area (Å²) in [5, 5.41) is 2.44. The lowest BCUT2D eigenvalue weighted by Gasteiger charge is -2.44. The van der Waals surface area contributed by atoms with E-state index in [0.29, 0.717) is 48.6 Å². The predicted molar refractivity (Wildman–Crippen MR) is 154 cm³/mol. The second kappa shape index (κ2) is 14.6. The highest BCUT2D eigenvalue weighted by molar-refractivity contribution is 6.37. The Bertz CT molecular complexity index is 1540. The Labute approximate surface area is 277 Å². The number of nitrogens with zero attached hydrogens (tertiary/aromatic N) is 1. The summed E-state index contributed by atoms with van der Waals surface area (Å²) in [4.78, 5) is 38.8. The van der Waals surface area contributed by atoms with Crippen LogP contribution in [0, 0.1) is 11.3 Å². The molecule has 0 radical (unpaired) electrons. The summed E-state index contributed by atoms with van der Waals surface area (Å²) in [5.74, 6) is -9.94. The summed E-state index contributed by atoms with van der Waals surface area (Å²) in [5.41, 5.74) is -9.39. The van der Waals surface area contributed by atoms with Crippen molar-refractivity contribution in [3.63, 3.8) is 0 Å². The number of halogens is 12. The topological polar surface area (TPSA) is 75.7 Å². The number of carbonyl (C=O) groups is 3. The smallest absolute Gasteiger partial charge is 0.384 e. The van der Waals surface area contributed by atoms with Crippen LogP contribution in [0.25, 0.3) is 0 Å². The van der Waals surface area contributed by atoms with Gasteiger partial charge in [-0.05, 0) is 50.0 Å². The van der Waals surface area contributed by atoms with Crippen LogP contribution in [0.4, 0.5) is 58.4 Å². The van der Waals surface area contributed by atoms with Crippen LogP contribution >= 0.6 is 0 Å². The average Bonchev–Trinajstić information content (AvgIpc) is 3.19. The zero-order valence-corrected chi connectivity index (χ0v) is 26.4. The number of alkyl halides is 12. The van der Waals surface area contributed by atoms with Gasteiger partial charge in [-0.1, -0.05) is 42.5 Å². The Morgan fingerprint density at radius 3 is 1.92 bits per heavy atom. The van der Waals surface area contributed by atoms with Crippen LogP contribution in [0.15, 0.2) is 71.4 Å². The maximum absolute atomic E-state index is 15.0. The summed E-state index contributed by atoms with van der Waals surface area (Å²) in [6.45, 7) is 2.87. The fraction of sp³-hybridized carbons (Fsp3) is 0.469. The van der Waals surface area contributed by atoms with E-state index in [4.69, 9.17) is 4.74 Å². The molecule has 0 bridgehead atoms. The van der Waals surface area contributed by atoms with Gasteiger partial charge in [0.2, 0.25) is 5.91 Å². The first-order chi connectivity index (χ1) is 22.9. The Kier molecular flexibility index (Phi) is 11.8. The van der Waals surface area contributed by atoms with E-state index < -0.39 is 107 Å². The van der Waals surface area contributed by atoms with Gasteiger partial charge in [-0.15, -0.1) is 0 Å². The van der Waals surface area contributed by atoms with Gasteiger partial charge in [0, 0.05) is 43.2 Å². The van der Waals surface area contributed by atoms with E-state index in [1.54, 1.807) is 13.8 Å². The highest BCUT2D eigenvalue weighted by Crippen LogP contribution is 2.62. The summed E-state index contributed by atoms with van der Waals surface area (Å²) in [7, 11) is 1.16. The molecular formula is C32H30F12N2O4. The second-order valence-corrected chi connectivity index (χ2v) is 11.7. The summed E-state index contributed by atoms with van der Waals surface area (Å²) < 4.78 is 174. The Balaban J connectivity index is 2.13. The number of imide groups is 1. The summed E-state index contributed by atoms with van der Waals surface area (Å²) in [6.07, 6.45) is -22.8. The molecule has 0 spiro atoms. The van der Waals surface area contributed by atoms with Crippen molar-refractivity contribution in [2.75, 3.05) is 18.6 Å². The van der Waals surface area contributed by atoms with Crippen molar-refractivity contribution in [3.05, 3.63) is 76.9 Å². The van der Waals surface area contributed by atoms with Crippen LogP contribution < -0.4 is 10.2 Å². The lowest BCUT2D eigenvalue weighted by atomic mass is 9.64. The lowest BCUT2D eigenvalue weighted by molar-refractivity contribution is -0.336. The average molecular weight is 735 g/mol. The molecular weight excluding hydrogens is 704 g/mol. The first-order valence-corrected chi connectivity index (χ1v) is 14.7. The van der Waals surface area contributed by atoms with E-state index in [2.05, 4.69) is 5.32 Å². The fourth-order valence-corrected chi connectivity index (χ4v) is 5.84. The van der Waals surface area contributed by atoms with Crippen molar-refractivity contribution in [1.29, 1.82) is 0 Å². The second-order valence-electron chi connectivity index (χ2n) is 11.7. The number of hydrogen-bond acceptors (Lipinski definition) is 4. The number of anilines is 1. The molecule has 50 heavy (non-hydrogen) atoms. The molecule has 3 amide bonds. The van der Waals surface area contributed by atoms with Crippen molar-refractivity contribution >= 4 is 23.4 Å². The number of fused-ring (bicyclic) bond motifs is 1. The van der Waals surface area contributed by atoms with E-state index in [9.17, 15) is 40.7 Å². The Morgan fingerprint density at radius 1 is 0.900 bits per heavy atom. The first kappa shape index (κ1) is 40.3. The monoisotopic (exact) mass is 734 g/mol. The minimum Gasteiger partial charge on any atom is -0.384 e. The van der Waals surface area contributed by atoms with Gasteiger partial charge in [0.15, 0.2) is 11.3 Å². The third-order valence-electron chi connectivity index (χ3n) is 7.88. The fourth-order valence-electron chi connectivity index (χ4n) is 5.84. The Hall–Kier alpha value is -4.09. The molecule has 18 heteroatoms. The van der Waals surface area contributed by atoms with Gasteiger partial charge in [-0.25, -0.2) is 4.90 Å². The molecule has 6 nitrogen and oxygen atoms in total. The van der Waals surface area contributed by atoms with Gasteiger partial charge in [0.05, 0.1) is 5.69 Å². The van der Waals surface area contributed by atoms with Crippen LogP contribution in [0.3, 0.4) is 0 Å². The van der Waals surface area contributed by atoms with E-state index in [1.165, 1.54) is 0 Å². The zero-order valence-electron chi connectivity index (χ0n) is 26.4. The lowest BCUT2D eigenvalue weighted by Crippen LogP contribution is -2.56. The van der Waals surface area contributed by atoms with Crippen molar-refractivity contribution < 1.29 is 71.8 Å². The molecule has 1 saturated heterocycles. The molecule has 1 fully saturated rings. The number of ether oxygens (including phenoxy) is 1. The maximum Gasteiger partial charge on any atom is 0.407 e. The molecule has 1 N–H and O–H groups in total. The molecule has 1 unspecified atom stereocenters. The van der Waals surface area contributed by atoms with Crippen molar-refractivity contribution in [3.8, 4) is 0 Å². The van der Waals surface area contributed by atoms with Crippen molar-refractivity contribution in [1.82, 2.24) is 5.32 Å². The van der Waals surface area contributed by atoms with Gasteiger partial charge in [-0.3, -0.25) is 14.4 Å². The first-order valence-electron chi connectivity index (χ1n) is 14.7. The van der Waals surface area contributed by atoms with Crippen LogP contribution in [-0.4, -0.2) is 62.2 Å². The minimum absolute atomic E-state index is 0.228.